The van der Waals surface area contributed by atoms with Crippen molar-refractivity contribution in [2.45, 2.75) is 19.8 Å². The van der Waals surface area contributed by atoms with Crippen LogP contribution in [0.4, 0.5) is 17.1 Å². The summed E-state index contributed by atoms with van der Waals surface area (Å²) in [6.07, 6.45) is 5.79. The van der Waals surface area contributed by atoms with Crippen LogP contribution in [0.1, 0.15) is 16.7 Å². The van der Waals surface area contributed by atoms with E-state index in [1.54, 1.807) is 0 Å². The lowest BCUT2D eigenvalue weighted by Crippen LogP contribution is -2.12. The van der Waals surface area contributed by atoms with Crippen molar-refractivity contribution in [2.24, 2.45) is 0 Å². The fourth-order valence-corrected chi connectivity index (χ4v) is 5.66. The van der Waals surface area contributed by atoms with Crippen LogP contribution in [-0.4, -0.2) is 9.97 Å². The topological polar surface area (TPSA) is 29.0 Å². The lowest BCUT2D eigenvalue weighted by Gasteiger charge is -2.28. The molecule has 0 saturated heterocycles. The van der Waals surface area contributed by atoms with E-state index in [-0.39, 0.29) is 0 Å². The zero-order valence-electron chi connectivity index (χ0n) is 22.5. The second kappa shape index (κ2) is 10.3. The van der Waals surface area contributed by atoms with Gasteiger partial charge in [-0.25, -0.2) is 0 Å². The Labute approximate surface area is 235 Å². The van der Waals surface area contributed by atoms with E-state index in [2.05, 4.69) is 126 Å². The third-order valence-corrected chi connectivity index (χ3v) is 7.70. The molecule has 40 heavy (non-hydrogen) atoms. The van der Waals surface area contributed by atoms with Gasteiger partial charge in [-0.2, -0.15) is 0 Å². The molecule has 7 rings (SSSR count). The van der Waals surface area contributed by atoms with E-state index in [4.69, 9.17) is 4.98 Å². The quantitative estimate of drug-likeness (QED) is 0.234. The molecule has 3 heterocycles. The van der Waals surface area contributed by atoms with Gasteiger partial charge in [0.25, 0.3) is 0 Å². The molecule has 0 aliphatic carbocycles. The highest BCUT2D eigenvalue weighted by Gasteiger charge is 2.23. The Balaban J connectivity index is 1.37. The number of hydrogen-bond acceptors (Lipinski definition) is 3. The van der Waals surface area contributed by atoms with Crippen LogP contribution in [0.15, 0.2) is 134 Å². The van der Waals surface area contributed by atoms with Gasteiger partial charge in [0, 0.05) is 34.9 Å². The van der Waals surface area contributed by atoms with E-state index < -0.39 is 0 Å². The first kappa shape index (κ1) is 24.1. The van der Waals surface area contributed by atoms with Gasteiger partial charge >= 0.3 is 0 Å². The molecule has 0 N–H and O–H groups in total. The van der Waals surface area contributed by atoms with Crippen molar-refractivity contribution < 1.29 is 0 Å². The maximum Gasteiger partial charge on any atom is 0.0708 e. The average Bonchev–Trinajstić information content (AvgIpc) is 3.18. The maximum absolute atomic E-state index is 4.76. The van der Waals surface area contributed by atoms with Crippen molar-refractivity contribution in [3.05, 3.63) is 150 Å². The maximum atomic E-state index is 4.76. The molecule has 1 aliphatic rings. The molecule has 4 aromatic carbocycles. The summed E-state index contributed by atoms with van der Waals surface area (Å²) in [5.74, 6) is 0. The molecule has 0 spiro atoms. The molecular formula is C37H29N3. The Morgan fingerprint density at radius 2 is 1.20 bits per heavy atom. The summed E-state index contributed by atoms with van der Waals surface area (Å²) in [6, 6.07) is 43.3. The second-order valence-electron chi connectivity index (χ2n) is 10.4. The molecule has 0 saturated carbocycles. The first-order valence-corrected chi connectivity index (χ1v) is 13.8. The number of fused-ring (bicyclic) bond motifs is 2. The van der Waals surface area contributed by atoms with Gasteiger partial charge in [-0.3, -0.25) is 9.97 Å². The zero-order chi connectivity index (χ0) is 26.9. The van der Waals surface area contributed by atoms with Crippen LogP contribution >= 0.6 is 0 Å². The Hall–Kier alpha value is -5.02. The molecule has 0 fully saturated rings. The summed E-state index contributed by atoms with van der Waals surface area (Å²) in [5, 5.41) is 0. The Morgan fingerprint density at radius 3 is 2.05 bits per heavy atom. The largest absolute Gasteiger partial charge is 0.310 e. The van der Waals surface area contributed by atoms with Gasteiger partial charge in [-0.05, 0) is 96.1 Å². The molecular weight excluding hydrogens is 486 g/mol. The van der Waals surface area contributed by atoms with Crippen molar-refractivity contribution in [1.82, 2.24) is 9.97 Å². The van der Waals surface area contributed by atoms with Gasteiger partial charge in [-0.15, -0.1) is 0 Å². The Morgan fingerprint density at radius 1 is 0.500 bits per heavy atom. The molecule has 3 nitrogen and oxygen atoms in total. The monoisotopic (exact) mass is 515 g/mol. The van der Waals surface area contributed by atoms with Gasteiger partial charge < -0.3 is 4.90 Å². The van der Waals surface area contributed by atoms with Crippen LogP contribution in [-0.2, 0) is 12.8 Å². The summed E-state index contributed by atoms with van der Waals surface area (Å²) in [6.45, 7) is 2.11. The van der Waals surface area contributed by atoms with Crippen LogP contribution in [0.2, 0.25) is 0 Å². The van der Waals surface area contributed by atoms with E-state index in [1.165, 1.54) is 33.6 Å². The summed E-state index contributed by atoms with van der Waals surface area (Å²) in [4.78, 5) is 11.9. The minimum Gasteiger partial charge on any atom is -0.310 e. The predicted octanol–water partition coefficient (Wildman–Crippen LogP) is 9.35. The number of anilines is 3. The van der Waals surface area contributed by atoms with E-state index >= 15 is 0 Å². The fourth-order valence-electron chi connectivity index (χ4n) is 5.66. The van der Waals surface area contributed by atoms with E-state index in [0.29, 0.717) is 0 Å². The molecule has 192 valence electrons. The minimum absolute atomic E-state index is 0.962. The minimum atomic E-state index is 0.962. The Kier molecular flexibility index (Phi) is 6.18. The number of aryl methyl sites for hydroxylation is 3. The number of rotatable bonds is 4. The molecule has 6 aromatic rings. The summed E-state index contributed by atoms with van der Waals surface area (Å²) in [5.41, 5.74) is 14.0. The van der Waals surface area contributed by atoms with Crippen LogP contribution in [0.5, 0.6) is 0 Å². The van der Waals surface area contributed by atoms with Gasteiger partial charge in [0.1, 0.15) is 0 Å². The van der Waals surface area contributed by atoms with Crippen LogP contribution in [0, 0.1) is 6.92 Å². The zero-order valence-corrected chi connectivity index (χ0v) is 22.5. The van der Waals surface area contributed by atoms with Crippen LogP contribution in [0.3, 0.4) is 0 Å². The first-order chi connectivity index (χ1) is 19.7. The van der Waals surface area contributed by atoms with E-state index in [9.17, 15) is 0 Å². The van der Waals surface area contributed by atoms with Gasteiger partial charge in [0.2, 0.25) is 0 Å². The van der Waals surface area contributed by atoms with Gasteiger partial charge in [-0.1, -0.05) is 72.8 Å². The van der Waals surface area contributed by atoms with Crippen molar-refractivity contribution in [1.29, 1.82) is 0 Å². The molecule has 0 amide bonds. The van der Waals surface area contributed by atoms with E-state index in [0.717, 1.165) is 46.6 Å². The van der Waals surface area contributed by atoms with Crippen LogP contribution in [0.25, 0.3) is 33.6 Å². The molecule has 0 unspecified atom stereocenters. The standard InChI is InChI=1S/C37H29N3/c1-26-18-20-38-34(22-26)32-17-16-29-15-14-28-10-5-6-13-36(28)40(37(29)25-32)33-12-7-11-31(23-33)35-24-30(19-21-39-35)27-8-3-2-4-9-27/h2-13,16-25H,14-15H2,1H3. The van der Waals surface area contributed by atoms with Crippen molar-refractivity contribution >= 4 is 17.1 Å². The number of benzene rings is 4. The number of pyridine rings is 2. The van der Waals surface area contributed by atoms with Crippen molar-refractivity contribution in [3.63, 3.8) is 0 Å². The SMILES string of the molecule is Cc1ccnc(-c2ccc3c(c2)N(c2cccc(-c4cc(-c5ccccc5)ccn4)c2)c2ccccc2CC3)c1. The third-order valence-electron chi connectivity index (χ3n) is 7.70. The molecule has 0 bridgehead atoms. The normalized spacial score (nSPS) is 12.4. The molecule has 1 aliphatic heterocycles. The first-order valence-electron chi connectivity index (χ1n) is 13.8. The van der Waals surface area contributed by atoms with Gasteiger partial charge in [0.15, 0.2) is 0 Å². The number of hydrogen-bond donors (Lipinski definition) is 0. The molecule has 2 aromatic heterocycles. The number of aromatic nitrogens is 2. The lowest BCUT2D eigenvalue weighted by molar-refractivity contribution is 0.977. The highest BCUT2D eigenvalue weighted by Crippen LogP contribution is 2.44. The molecule has 3 heteroatoms. The highest BCUT2D eigenvalue weighted by molar-refractivity contribution is 5.85. The fraction of sp³-hybridized carbons (Fsp3) is 0.0811. The molecule has 0 radical (unpaired) electrons. The lowest BCUT2D eigenvalue weighted by atomic mass is 10.0. The third kappa shape index (κ3) is 4.56. The van der Waals surface area contributed by atoms with Crippen molar-refractivity contribution in [2.75, 3.05) is 4.90 Å². The summed E-state index contributed by atoms with van der Waals surface area (Å²) in [7, 11) is 0. The average molecular weight is 516 g/mol. The number of para-hydroxylation sites is 1. The highest BCUT2D eigenvalue weighted by atomic mass is 15.1. The van der Waals surface area contributed by atoms with Gasteiger partial charge in [0.05, 0.1) is 17.1 Å². The Bertz CT molecular complexity index is 1820. The smallest absolute Gasteiger partial charge is 0.0708 e. The molecule has 0 atom stereocenters. The van der Waals surface area contributed by atoms with E-state index in [1.807, 2.05) is 24.5 Å². The number of nitrogens with zero attached hydrogens (tertiary/aromatic N) is 3. The van der Waals surface area contributed by atoms with Crippen molar-refractivity contribution in [3.8, 4) is 33.6 Å². The van der Waals surface area contributed by atoms with Crippen LogP contribution < -0.4 is 4.90 Å². The summed E-state index contributed by atoms with van der Waals surface area (Å²) >= 11 is 0. The summed E-state index contributed by atoms with van der Waals surface area (Å²) < 4.78 is 0. The predicted molar refractivity (Wildman–Crippen MR) is 165 cm³/mol. The second-order valence-corrected chi connectivity index (χ2v) is 10.4.